The van der Waals surface area contributed by atoms with E-state index in [9.17, 15) is 23.5 Å². The van der Waals surface area contributed by atoms with E-state index >= 15 is 0 Å². The van der Waals surface area contributed by atoms with Gasteiger partial charge in [-0.15, -0.1) is 0 Å². The number of nitrogens with one attached hydrogen (secondary N) is 1. The van der Waals surface area contributed by atoms with E-state index in [4.69, 9.17) is 9.40 Å². The zero-order chi connectivity index (χ0) is 33.4. The molecular formula is C36H32F2N4O4S. The lowest BCUT2D eigenvalue weighted by Gasteiger charge is -2.23. The first kappa shape index (κ1) is 32.0. The summed E-state index contributed by atoms with van der Waals surface area (Å²) in [6, 6.07) is 20.2. The molecule has 0 spiro atoms. The Labute approximate surface area is 273 Å². The summed E-state index contributed by atoms with van der Waals surface area (Å²) in [5.74, 6) is -0.392. The van der Waals surface area contributed by atoms with Crippen LogP contribution in [0.1, 0.15) is 34.2 Å². The Hall–Kier alpha value is -5.00. The lowest BCUT2D eigenvalue weighted by Crippen LogP contribution is -2.29. The molecule has 2 N–H and O–H groups in total. The number of aliphatic hydroxyl groups excluding tert-OH is 1. The van der Waals surface area contributed by atoms with E-state index in [-0.39, 0.29) is 24.5 Å². The fourth-order valence-corrected chi connectivity index (χ4v) is 6.32. The van der Waals surface area contributed by atoms with Crippen molar-refractivity contribution in [2.75, 3.05) is 31.3 Å². The molecule has 1 unspecified atom stereocenters. The van der Waals surface area contributed by atoms with Gasteiger partial charge < -0.3 is 19.1 Å². The average Bonchev–Trinajstić information content (AvgIpc) is 3.45. The van der Waals surface area contributed by atoms with E-state index in [0.29, 0.717) is 55.7 Å². The highest BCUT2D eigenvalue weighted by Gasteiger charge is 2.25. The molecule has 6 rings (SSSR count). The lowest BCUT2D eigenvalue weighted by atomic mass is 9.97. The van der Waals surface area contributed by atoms with Gasteiger partial charge in [-0.3, -0.25) is 14.2 Å². The number of rotatable bonds is 9. The minimum atomic E-state index is -0.561. The van der Waals surface area contributed by atoms with Gasteiger partial charge in [-0.05, 0) is 79.1 Å². The highest BCUT2D eigenvalue weighted by molar-refractivity contribution is 7.99. The second-order valence-corrected chi connectivity index (χ2v) is 12.0. The summed E-state index contributed by atoms with van der Waals surface area (Å²) < 4.78 is 37.3. The minimum absolute atomic E-state index is 0.186. The number of carbonyl (C=O) groups is 1. The van der Waals surface area contributed by atoms with Gasteiger partial charge in [0.1, 0.15) is 28.8 Å². The van der Waals surface area contributed by atoms with Crippen LogP contribution in [-0.4, -0.2) is 47.5 Å². The van der Waals surface area contributed by atoms with Crippen LogP contribution >= 0.6 is 11.9 Å². The number of anilines is 1. The first-order valence-corrected chi connectivity index (χ1v) is 16.1. The SMILES string of the molecule is CNC(=O)c1c(-c2ccc(F)cc2)oc2cc(N(C)SC)c(-c3ccc4nc(C)n(C(CCO)c5ccc(F)cc5)c(=O)c4c3)cc12. The first-order valence-electron chi connectivity index (χ1n) is 14.9. The van der Waals surface area contributed by atoms with Crippen LogP contribution in [0.4, 0.5) is 14.5 Å². The fraction of sp³-hybridized carbons (Fsp3) is 0.194. The zero-order valence-electron chi connectivity index (χ0n) is 26.2. The maximum atomic E-state index is 14.2. The Morgan fingerprint density at radius 1 is 1.00 bits per heavy atom. The molecule has 0 aliphatic heterocycles. The first-order chi connectivity index (χ1) is 22.6. The molecule has 0 saturated heterocycles. The van der Waals surface area contributed by atoms with Gasteiger partial charge in [0.05, 0.1) is 28.2 Å². The van der Waals surface area contributed by atoms with Gasteiger partial charge >= 0.3 is 0 Å². The van der Waals surface area contributed by atoms with E-state index in [1.807, 2.05) is 35.8 Å². The summed E-state index contributed by atoms with van der Waals surface area (Å²) in [6.45, 7) is 1.55. The van der Waals surface area contributed by atoms with Gasteiger partial charge in [-0.25, -0.2) is 13.8 Å². The number of furan rings is 1. The van der Waals surface area contributed by atoms with E-state index in [2.05, 4.69) is 5.32 Å². The number of aryl methyl sites for hydroxylation is 1. The molecule has 8 nitrogen and oxygen atoms in total. The molecule has 1 atom stereocenters. The summed E-state index contributed by atoms with van der Waals surface area (Å²) in [6.07, 6.45) is 2.16. The van der Waals surface area contributed by atoms with Gasteiger partial charge in [-0.2, -0.15) is 0 Å². The highest BCUT2D eigenvalue weighted by Crippen LogP contribution is 2.42. The van der Waals surface area contributed by atoms with Crippen molar-refractivity contribution in [2.24, 2.45) is 0 Å². The largest absolute Gasteiger partial charge is 0.455 e. The van der Waals surface area contributed by atoms with Crippen LogP contribution in [0.5, 0.6) is 0 Å². The number of hydrogen-bond acceptors (Lipinski definition) is 7. The molecule has 0 saturated carbocycles. The van der Waals surface area contributed by atoms with Crippen LogP contribution in [0.25, 0.3) is 44.3 Å². The molecule has 0 fully saturated rings. The summed E-state index contributed by atoms with van der Waals surface area (Å²) in [4.78, 5) is 32.2. The van der Waals surface area contributed by atoms with Crippen LogP contribution in [0.15, 0.2) is 88.1 Å². The molecule has 0 bridgehead atoms. The van der Waals surface area contributed by atoms with Crippen molar-refractivity contribution in [3.8, 4) is 22.5 Å². The van der Waals surface area contributed by atoms with Gasteiger partial charge in [0.15, 0.2) is 0 Å². The number of nitrogens with zero attached hydrogens (tertiary/aromatic N) is 3. The second kappa shape index (κ2) is 13.0. The molecule has 11 heteroatoms. The molecule has 240 valence electrons. The highest BCUT2D eigenvalue weighted by atomic mass is 32.2. The number of amides is 1. The van der Waals surface area contributed by atoms with E-state index in [0.717, 1.165) is 11.3 Å². The Balaban J connectivity index is 1.59. The van der Waals surface area contributed by atoms with Crippen LogP contribution in [-0.2, 0) is 0 Å². The molecule has 1 amide bonds. The maximum Gasteiger partial charge on any atom is 0.261 e. The van der Waals surface area contributed by atoms with Crippen molar-refractivity contribution in [1.82, 2.24) is 14.9 Å². The number of halogens is 2. The zero-order valence-corrected chi connectivity index (χ0v) is 27.0. The monoisotopic (exact) mass is 654 g/mol. The third-order valence-electron chi connectivity index (χ3n) is 8.34. The fourth-order valence-electron chi connectivity index (χ4n) is 5.97. The molecule has 0 aliphatic rings. The van der Waals surface area contributed by atoms with Crippen LogP contribution in [0.3, 0.4) is 0 Å². The van der Waals surface area contributed by atoms with Crippen molar-refractivity contribution in [1.29, 1.82) is 0 Å². The van der Waals surface area contributed by atoms with Gasteiger partial charge in [0.25, 0.3) is 11.5 Å². The van der Waals surface area contributed by atoms with Gasteiger partial charge in [0, 0.05) is 49.5 Å². The molecule has 2 aromatic heterocycles. The van der Waals surface area contributed by atoms with Crippen molar-refractivity contribution in [3.05, 3.63) is 118 Å². The summed E-state index contributed by atoms with van der Waals surface area (Å²) in [5.41, 5.74) is 4.42. The molecule has 4 aromatic carbocycles. The van der Waals surface area contributed by atoms with Crippen LogP contribution < -0.4 is 15.2 Å². The Kier molecular flexibility index (Phi) is 8.85. The smallest absolute Gasteiger partial charge is 0.261 e. The quantitative estimate of drug-likeness (QED) is 0.160. The second-order valence-electron chi connectivity index (χ2n) is 11.1. The summed E-state index contributed by atoms with van der Waals surface area (Å²) in [7, 11) is 3.44. The number of benzene rings is 4. The van der Waals surface area contributed by atoms with Crippen molar-refractivity contribution < 1.29 is 23.1 Å². The normalized spacial score (nSPS) is 12.1. The third kappa shape index (κ3) is 5.88. The van der Waals surface area contributed by atoms with Crippen molar-refractivity contribution in [3.63, 3.8) is 0 Å². The number of carbonyl (C=O) groups excluding carboxylic acids is 1. The Bertz CT molecular complexity index is 2180. The predicted octanol–water partition coefficient (Wildman–Crippen LogP) is 7.11. The molecular weight excluding hydrogens is 622 g/mol. The van der Waals surface area contributed by atoms with Crippen LogP contribution in [0, 0.1) is 18.6 Å². The topological polar surface area (TPSA) is 101 Å². The third-order valence-corrected chi connectivity index (χ3v) is 9.08. The van der Waals surface area contributed by atoms with Crippen LogP contribution in [0.2, 0.25) is 0 Å². The standard InChI is InChI=1S/C36H32F2N4O4S/c1-20-40-29-14-9-23(17-27(29)36(45)42(20)30(15-16-43)21-5-10-24(37)11-6-21)26-18-28-32(19-31(26)41(3)47-4)46-34(33(28)35(44)39-2)22-7-12-25(38)13-8-22/h5-14,17-19,30,43H,15-16H2,1-4H3,(H,39,44). The van der Waals surface area contributed by atoms with E-state index in [1.54, 1.807) is 47.9 Å². The van der Waals surface area contributed by atoms with E-state index in [1.165, 1.54) is 43.3 Å². The number of fused-ring (bicyclic) bond motifs is 2. The van der Waals surface area contributed by atoms with Crippen molar-refractivity contribution in [2.45, 2.75) is 19.4 Å². The number of hydrogen-bond donors (Lipinski definition) is 2. The minimum Gasteiger partial charge on any atom is -0.455 e. The van der Waals surface area contributed by atoms with Gasteiger partial charge in [-0.1, -0.05) is 30.1 Å². The summed E-state index contributed by atoms with van der Waals surface area (Å²) in [5, 5.41) is 13.5. The van der Waals surface area contributed by atoms with Gasteiger partial charge in [0.2, 0.25) is 0 Å². The number of aromatic nitrogens is 2. The van der Waals surface area contributed by atoms with E-state index < -0.39 is 17.7 Å². The molecule has 0 aliphatic carbocycles. The molecule has 2 heterocycles. The maximum absolute atomic E-state index is 14.2. The average molecular weight is 655 g/mol. The molecule has 6 aromatic rings. The summed E-state index contributed by atoms with van der Waals surface area (Å²) >= 11 is 1.48. The Morgan fingerprint density at radius 2 is 1.66 bits per heavy atom. The predicted molar refractivity (Wildman–Crippen MR) is 183 cm³/mol. The molecule has 47 heavy (non-hydrogen) atoms. The van der Waals surface area contributed by atoms with Crippen molar-refractivity contribution >= 4 is 45.4 Å². The number of aliphatic hydroxyl groups is 1. The Morgan fingerprint density at radius 3 is 2.30 bits per heavy atom. The lowest BCUT2D eigenvalue weighted by molar-refractivity contribution is 0.0964. The molecule has 0 radical (unpaired) electrons.